The van der Waals surface area contributed by atoms with Gasteiger partial charge < -0.3 is 9.84 Å². The van der Waals surface area contributed by atoms with Gasteiger partial charge in [0, 0.05) is 13.1 Å². The van der Waals surface area contributed by atoms with E-state index in [1.165, 1.54) is 0 Å². The summed E-state index contributed by atoms with van der Waals surface area (Å²) in [4.78, 5) is 21.7. The van der Waals surface area contributed by atoms with Gasteiger partial charge in [0.1, 0.15) is 0 Å². The number of nitrogens with one attached hydrogen (secondary N) is 1. The lowest BCUT2D eigenvalue weighted by atomic mass is 9.99. The molecule has 2 unspecified atom stereocenters. The molecule has 0 aliphatic carbocycles. The minimum absolute atomic E-state index is 0.0588. The van der Waals surface area contributed by atoms with Gasteiger partial charge in [0.25, 0.3) is 0 Å². The Kier molecular flexibility index (Phi) is 3.94. The summed E-state index contributed by atoms with van der Waals surface area (Å²) in [5.41, 5.74) is 0. The average Bonchev–Trinajstić information content (AvgIpc) is 2.60. The summed E-state index contributed by atoms with van der Waals surface area (Å²) in [6, 6.07) is 0. The first kappa shape index (κ1) is 13.7. The molecule has 1 fully saturated rings. The molecule has 8 nitrogen and oxygen atoms in total. The molecule has 2 atom stereocenters. The molecular formula is C8H14N2O6S. The van der Waals surface area contributed by atoms with Crippen LogP contribution >= 0.6 is 0 Å². The number of carbonyl (C=O) groups excluding carboxylic acids is 1. The summed E-state index contributed by atoms with van der Waals surface area (Å²) >= 11 is 0. The van der Waals surface area contributed by atoms with Crippen LogP contribution in [0.3, 0.4) is 0 Å². The zero-order valence-electron chi connectivity index (χ0n) is 9.41. The Bertz CT molecular complexity index is 420. The minimum Gasteiger partial charge on any atom is -0.481 e. The lowest BCUT2D eigenvalue weighted by Crippen LogP contribution is -2.42. The normalized spacial score (nSPS) is 25.5. The van der Waals surface area contributed by atoms with Crippen molar-refractivity contribution in [1.29, 1.82) is 0 Å². The smallest absolute Gasteiger partial charge is 0.421 e. The van der Waals surface area contributed by atoms with Crippen LogP contribution in [0.15, 0.2) is 0 Å². The summed E-state index contributed by atoms with van der Waals surface area (Å²) in [6.07, 6.45) is -1.10. The van der Waals surface area contributed by atoms with Crippen LogP contribution in [0.5, 0.6) is 0 Å². The Labute approximate surface area is 98.7 Å². The number of hydrogen-bond donors (Lipinski definition) is 2. The third-order valence-electron chi connectivity index (χ3n) is 2.63. The van der Waals surface area contributed by atoms with Crippen LogP contribution in [0.1, 0.15) is 6.92 Å². The fraction of sp³-hybridized carbons (Fsp3) is 0.750. The van der Waals surface area contributed by atoms with Crippen molar-refractivity contribution in [3.8, 4) is 0 Å². The number of hydrogen-bond acceptors (Lipinski definition) is 5. The number of nitrogens with zero attached hydrogens (tertiary/aromatic N) is 1. The number of amides is 1. The molecule has 1 aliphatic heterocycles. The summed E-state index contributed by atoms with van der Waals surface area (Å²) in [5.74, 6) is -2.11. The van der Waals surface area contributed by atoms with E-state index in [2.05, 4.69) is 4.74 Å². The highest BCUT2D eigenvalue weighted by Crippen LogP contribution is 2.24. The molecule has 0 radical (unpaired) electrons. The molecule has 1 amide bonds. The Morgan fingerprint density at radius 2 is 2.00 bits per heavy atom. The van der Waals surface area contributed by atoms with Crippen LogP contribution in [0.25, 0.3) is 0 Å². The number of carboxylic acids is 1. The number of aliphatic carboxylic acids is 1. The van der Waals surface area contributed by atoms with Gasteiger partial charge in [-0.05, 0) is 5.92 Å². The molecule has 0 bridgehead atoms. The van der Waals surface area contributed by atoms with Gasteiger partial charge in [-0.25, -0.2) is 9.52 Å². The zero-order chi connectivity index (χ0) is 13.2. The minimum atomic E-state index is -4.03. The third kappa shape index (κ3) is 3.07. The van der Waals surface area contributed by atoms with Gasteiger partial charge in [-0.15, -0.1) is 0 Å². The molecular weight excluding hydrogens is 252 g/mol. The van der Waals surface area contributed by atoms with Crippen molar-refractivity contribution in [2.75, 3.05) is 20.2 Å². The zero-order valence-corrected chi connectivity index (χ0v) is 10.2. The van der Waals surface area contributed by atoms with E-state index in [0.29, 0.717) is 0 Å². The number of methoxy groups -OCH3 is 1. The molecule has 1 saturated heterocycles. The summed E-state index contributed by atoms with van der Waals surface area (Å²) in [7, 11) is -2.99. The second kappa shape index (κ2) is 4.88. The maximum absolute atomic E-state index is 11.6. The van der Waals surface area contributed by atoms with Gasteiger partial charge in [0.2, 0.25) is 0 Å². The maximum atomic E-state index is 11.6. The van der Waals surface area contributed by atoms with Crippen molar-refractivity contribution in [2.24, 2.45) is 11.8 Å². The van der Waals surface area contributed by atoms with E-state index >= 15 is 0 Å². The highest BCUT2D eigenvalue weighted by atomic mass is 32.2. The van der Waals surface area contributed by atoms with Crippen LogP contribution in [0, 0.1) is 11.8 Å². The van der Waals surface area contributed by atoms with Gasteiger partial charge in [0.15, 0.2) is 0 Å². The first-order valence-corrected chi connectivity index (χ1v) is 6.30. The molecule has 17 heavy (non-hydrogen) atoms. The molecule has 1 aliphatic rings. The van der Waals surface area contributed by atoms with E-state index in [0.717, 1.165) is 11.4 Å². The average molecular weight is 266 g/mol. The third-order valence-corrected chi connectivity index (χ3v) is 4.04. The van der Waals surface area contributed by atoms with Crippen LogP contribution in [0.4, 0.5) is 4.79 Å². The largest absolute Gasteiger partial charge is 0.481 e. The summed E-state index contributed by atoms with van der Waals surface area (Å²) in [6.45, 7) is 1.55. The number of rotatable bonds is 3. The first-order valence-electron chi connectivity index (χ1n) is 4.86. The van der Waals surface area contributed by atoms with Crippen molar-refractivity contribution in [2.45, 2.75) is 6.92 Å². The van der Waals surface area contributed by atoms with E-state index in [1.807, 2.05) is 0 Å². The van der Waals surface area contributed by atoms with Gasteiger partial charge in [-0.2, -0.15) is 12.7 Å². The predicted molar refractivity (Wildman–Crippen MR) is 56.3 cm³/mol. The highest BCUT2D eigenvalue weighted by molar-refractivity contribution is 7.87. The first-order chi connectivity index (χ1) is 7.77. The second-order valence-corrected chi connectivity index (χ2v) is 5.51. The summed E-state index contributed by atoms with van der Waals surface area (Å²) < 4.78 is 30.0. The molecule has 0 spiro atoms. The molecule has 1 rings (SSSR count). The Hall–Kier alpha value is -1.35. The lowest BCUT2D eigenvalue weighted by Gasteiger charge is -2.15. The van der Waals surface area contributed by atoms with Crippen LogP contribution in [-0.4, -0.2) is 50.1 Å². The van der Waals surface area contributed by atoms with Gasteiger partial charge >= 0.3 is 22.3 Å². The number of ether oxygens (including phenoxy) is 1. The number of carboxylic acid groups (broad SMARTS) is 1. The monoisotopic (exact) mass is 266 g/mol. The molecule has 0 aromatic heterocycles. The highest BCUT2D eigenvalue weighted by Gasteiger charge is 2.40. The molecule has 98 valence electrons. The van der Waals surface area contributed by atoms with Gasteiger partial charge in [-0.3, -0.25) is 4.79 Å². The Balaban J connectivity index is 2.76. The SMILES string of the molecule is COC(=O)NS(=O)(=O)N1CC(C)C(C(=O)O)C1. The number of carbonyl (C=O) groups is 2. The van der Waals surface area contributed by atoms with Crippen LogP contribution < -0.4 is 4.72 Å². The molecule has 1 heterocycles. The predicted octanol–water partition coefficient (Wildman–Crippen LogP) is -0.760. The van der Waals surface area contributed by atoms with Crippen molar-refractivity contribution >= 4 is 22.3 Å². The fourth-order valence-electron chi connectivity index (χ4n) is 1.65. The topological polar surface area (TPSA) is 113 Å². The van der Waals surface area contributed by atoms with E-state index in [1.54, 1.807) is 11.6 Å². The Morgan fingerprint density at radius 3 is 2.41 bits per heavy atom. The van der Waals surface area contributed by atoms with Crippen LogP contribution in [-0.2, 0) is 19.7 Å². The molecule has 0 aromatic rings. The van der Waals surface area contributed by atoms with Crippen LogP contribution in [0.2, 0.25) is 0 Å². The van der Waals surface area contributed by atoms with E-state index < -0.39 is 28.2 Å². The van der Waals surface area contributed by atoms with E-state index in [4.69, 9.17) is 5.11 Å². The standard InChI is InChI=1S/C8H14N2O6S/c1-5-3-10(4-6(5)7(11)12)17(14,15)9-8(13)16-2/h5-6H,3-4H2,1-2H3,(H,9,13)(H,11,12). The molecule has 9 heteroatoms. The molecule has 0 saturated carbocycles. The lowest BCUT2D eigenvalue weighted by molar-refractivity contribution is -0.142. The second-order valence-electron chi connectivity index (χ2n) is 3.84. The van der Waals surface area contributed by atoms with E-state index in [9.17, 15) is 18.0 Å². The maximum Gasteiger partial charge on any atom is 0.421 e. The fourth-order valence-corrected chi connectivity index (χ4v) is 2.86. The van der Waals surface area contributed by atoms with Crippen molar-refractivity contribution < 1.29 is 27.9 Å². The van der Waals surface area contributed by atoms with E-state index in [-0.39, 0.29) is 19.0 Å². The van der Waals surface area contributed by atoms with Crippen molar-refractivity contribution in [3.05, 3.63) is 0 Å². The molecule has 2 N–H and O–H groups in total. The molecule has 0 aromatic carbocycles. The van der Waals surface area contributed by atoms with Crippen molar-refractivity contribution in [3.63, 3.8) is 0 Å². The van der Waals surface area contributed by atoms with Gasteiger partial charge in [-0.1, -0.05) is 6.92 Å². The Morgan fingerprint density at radius 1 is 1.41 bits per heavy atom. The van der Waals surface area contributed by atoms with Crippen molar-refractivity contribution in [1.82, 2.24) is 9.03 Å². The quantitative estimate of drug-likeness (QED) is 0.694. The summed E-state index contributed by atoms with van der Waals surface area (Å²) in [5, 5.41) is 8.86. The van der Waals surface area contributed by atoms with Gasteiger partial charge in [0.05, 0.1) is 13.0 Å².